The van der Waals surface area contributed by atoms with Crippen LogP contribution >= 0.6 is 0 Å². The van der Waals surface area contributed by atoms with Gasteiger partial charge in [-0.15, -0.1) is 0 Å². The zero-order chi connectivity index (χ0) is 10.9. The summed E-state index contributed by atoms with van der Waals surface area (Å²) in [4.78, 5) is 4.41. The van der Waals surface area contributed by atoms with Crippen LogP contribution in [0.1, 0.15) is 50.7 Å². The minimum Gasteiger partial charge on any atom is -0.339 e. The maximum Gasteiger partial charge on any atom is 0.229 e. The fourth-order valence-corrected chi connectivity index (χ4v) is 2.31. The van der Waals surface area contributed by atoms with Gasteiger partial charge in [0.2, 0.25) is 5.89 Å². The molecule has 0 saturated heterocycles. The molecule has 0 bridgehead atoms. The first kappa shape index (κ1) is 10.6. The second-order valence-electron chi connectivity index (χ2n) is 5.18. The maximum atomic E-state index is 5.29. The third-order valence-corrected chi connectivity index (χ3v) is 3.14. The lowest BCUT2D eigenvalue weighted by Gasteiger charge is -2.15. The summed E-state index contributed by atoms with van der Waals surface area (Å²) in [5.41, 5.74) is 0.433. The molecule has 1 heterocycles. The third-order valence-electron chi connectivity index (χ3n) is 3.14. The molecule has 15 heavy (non-hydrogen) atoms. The molecular weight excluding hydrogens is 190 g/mol. The van der Waals surface area contributed by atoms with Crippen molar-refractivity contribution in [2.24, 2.45) is 5.41 Å². The van der Waals surface area contributed by atoms with E-state index >= 15 is 0 Å². The summed E-state index contributed by atoms with van der Waals surface area (Å²) >= 11 is 0. The van der Waals surface area contributed by atoms with E-state index in [-0.39, 0.29) is 0 Å². The Morgan fingerprint density at radius 2 is 2.33 bits per heavy atom. The first-order valence-corrected chi connectivity index (χ1v) is 5.58. The molecule has 1 N–H and O–H groups in total. The summed E-state index contributed by atoms with van der Waals surface area (Å²) in [5.74, 6) is 2.06. The van der Waals surface area contributed by atoms with E-state index in [0.717, 1.165) is 18.1 Å². The Kier molecular flexibility index (Phi) is 2.78. The fraction of sp³-hybridized carbons (Fsp3) is 0.818. The molecule has 1 fully saturated rings. The monoisotopic (exact) mass is 209 g/mol. The number of hydrogen-bond donors (Lipinski definition) is 1. The van der Waals surface area contributed by atoms with E-state index in [9.17, 15) is 0 Å². The van der Waals surface area contributed by atoms with Crippen LogP contribution in [0.25, 0.3) is 0 Å². The average Bonchev–Trinajstić information content (AvgIpc) is 2.73. The quantitative estimate of drug-likeness (QED) is 0.828. The van der Waals surface area contributed by atoms with Gasteiger partial charge in [-0.25, -0.2) is 0 Å². The zero-order valence-corrected chi connectivity index (χ0v) is 9.71. The van der Waals surface area contributed by atoms with Crippen LogP contribution in [-0.4, -0.2) is 17.2 Å². The van der Waals surface area contributed by atoms with Crippen molar-refractivity contribution < 1.29 is 4.52 Å². The Morgan fingerprint density at radius 3 is 2.93 bits per heavy atom. The molecule has 1 aliphatic carbocycles. The molecule has 1 aliphatic rings. The summed E-state index contributed by atoms with van der Waals surface area (Å²) in [5, 5.41) is 6.97. The third kappa shape index (κ3) is 2.37. The van der Waals surface area contributed by atoms with E-state index in [2.05, 4.69) is 29.3 Å². The van der Waals surface area contributed by atoms with E-state index in [1.54, 1.807) is 0 Å². The molecule has 1 aromatic heterocycles. The summed E-state index contributed by atoms with van der Waals surface area (Å²) in [6, 6.07) is 0. The number of nitrogens with one attached hydrogen (secondary N) is 1. The molecule has 4 nitrogen and oxygen atoms in total. The van der Waals surface area contributed by atoms with Gasteiger partial charge in [0, 0.05) is 5.92 Å². The van der Waals surface area contributed by atoms with Crippen LogP contribution in [-0.2, 0) is 6.54 Å². The highest BCUT2D eigenvalue weighted by atomic mass is 16.5. The Balaban J connectivity index is 2.04. The Labute approximate surface area is 90.4 Å². The number of nitrogens with zero attached hydrogens (tertiary/aromatic N) is 2. The molecule has 1 aromatic rings. The smallest absolute Gasteiger partial charge is 0.229 e. The summed E-state index contributed by atoms with van der Waals surface area (Å²) < 4.78 is 5.29. The van der Waals surface area contributed by atoms with Gasteiger partial charge in [0.25, 0.3) is 0 Å². The SMILES string of the molecule is CNCc1noc(C2CCC(C)(C)C2)n1. The van der Waals surface area contributed by atoms with E-state index in [4.69, 9.17) is 4.52 Å². The van der Waals surface area contributed by atoms with E-state index in [1.165, 1.54) is 12.8 Å². The molecule has 1 unspecified atom stereocenters. The first-order chi connectivity index (χ1) is 7.11. The first-order valence-electron chi connectivity index (χ1n) is 5.58. The highest BCUT2D eigenvalue weighted by Crippen LogP contribution is 2.45. The summed E-state index contributed by atoms with van der Waals surface area (Å²) in [6.45, 7) is 5.29. The summed E-state index contributed by atoms with van der Waals surface area (Å²) in [6.07, 6.45) is 3.59. The van der Waals surface area contributed by atoms with Gasteiger partial charge < -0.3 is 9.84 Å². The Hall–Kier alpha value is -0.900. The van der Waals surface area contributed by atoms with Crippen molar-refractivity contribution in [2.45, 2.75) is 45.6 Å². The van der Waals surface area contributed by atoms with Gasteiger partial charge in [-0.3, -0.25) is 0 Å². The predicted molar refractivity (Wildman–Crippen MR) is 57.4 cm³/mol. The number of hydrogen-bond acceptors (Lipinski definition) is 4. The largest absolute Gasteiger partial charge is 0.339 e. The lowest BCUT2D eigenvalue weighted by molar-refractivity contribution is 0.329. The molecule has 2 rings (SSSR count). The minimum atomic E-state index is 0.433. The van der Waals surface area contributed by atoms with Crippen LogP contribution in [0.15, 0.2) is 4.52 Å². The molecular formula is C11H19N3O. The molecule has 1 saturated carbocycles. The van der Waals surface area contributed by atoms with Crippen molar-refractivity contribution in [1.29, 1.82) is 0 Å². The fourth-order valence-electron chi connectivity index (χ4n) is 2.31. The molecule has 0 aliphatic heterocycles. The topological polar surface area (TPSA) is 51.0 Å². The minimum absolute atomic E-state index is 0.433. The van der Waals surface area contributed by atoms with Crippen molar-refractivity contribution in [2.75, 3.05) is 7.05 Å². The van der Waals surface area contributed by atoms with Crippen molar-refractivity contribution in [3.05, 3.63) is 11.7 Å². The van der Waals surface area contributed by atoms with Gasteiger partial charge >= 0.3 is 0 Å². The van der Waals surface area contributed by atoms with Gasteiger partial charge in [-0.05, 0) is 31.7 Å². The maximum absolute atomic E-state index is 5.29. The standard InChI is InChI=1S/C11H19N3O/c1-11(2)5-4-8(6-11)10-13-9(7-12-3)14-15-10/h8,12H,4-7H2,1-3H3. The molecule has 0 amide bonds. The van der Waals surface area contributed by atoms with Gasteiger partial charge in [-0.1, -0.05) is 19.0 Å². The van der Waals surface area contributed by atoms with Gasteiger partial charge in [0.15, 0.2) is 5.82 Å². The van der Waals surface area contributed by atoms with Crippen LogP contribution in [0.2, 0.25) is 0 Å². The van der Waals surface area contributed by atoms with Crippen molar-refractivity contribution in [3.63, 3.8) is 0 Å². The number of aromatic nitrogens is 2. The normalized spacial score (nSPS) is 24.6. The van der Waals surface area contributed by atoms with Gasteiger partial charge in [0.1, 0.15) is 0 Å². The number of rotatable bonds is 3. The van der Waals surface area contributed by atoms with Crippen molar-refractivity contribution in [1.82, 2.24) is 15.5 Å². The Bertz CT molecular complexity index is 332. The van der Waals surface area contributed by atoms with Crippen LogP contribution in [0.5, 0.6) is 0 Å². The summed E-state index contributed by atoms with van der Waals surface area (Å²) in [7, 11) is 1.88. The highest BCUT2D eigenvalue weighted by Gasteiger charge is 2.34. The molecule has 0 aromatic carbocycles. The zero-order valence-electron chi connectivity index (χ0n) is 9.71. The van der Waals surface area contributed by atoms with Crippen LogP contribution in [0, 0.1) is 5.41 Å². The van der Waals surface area contributed by atoms with Crippen LogP contribution in [0.3, 0.4) is 0 Å². The van der Waals surface area contributed by atoms with Gasteiger partial charge in [-0.2, -0.15) is 4.98 Å². The Morgan fingerprint density at radius 1 is 1.53 bits per heavy atom. The molecule has 1 atom stereocenters. The van der Waals surface area contributed by atoms with Crippen molar-refractivity contribution in [3.8, 4) is 0 Å². The molecule has 0 radical (unpaired) electrons. The predicted octanol–water partition coefficient (Wildman–Crippen LogP) is 2.08. The van der Waals surface area contributed by atoms with E-state index in [1.807, 2.05) is 7.05 Å². The second kappa shape index (κ2) is 3.93. The van der Waals surface area contributed by atoms with Gasteiger partial charge in [0.05, 0.1) is 6.54 Å². The molecule has 4 heteroatoms. The molecule has 84 valence electrons. The molecule has 0 spiro atoms. The lowest BCUT2D eigenvalue weighted by atomic mass is 9.90. The van der Waals surface area contributed by atoms with E-state index in [0.29, 0.717) is 17.9 Å². The lowest BCUT2D eigenvalue weighted by Crippen LogP contribution is -2.07. The van der Waals surface area contributed by atoms with E-state index < -0.39 is 0 Å². The second-order valence-corrected chi connectivity index (χ2v) is 5.18. The average molecular weight is 209 g/mol. The van der Waals surface area contributed by atoms with Crippen LogP contribution in [0.4, 0.5) is 0 Å². The van der Waals surface area contributed by atoms with Crippen molar-refractivity contribution >= 4 is 0 Å². The highest BCUT2D eigenvalue weighted by molar-refractivity contribution is 5.00. The van der Waals surface area contributed by atoms with Crippen LogP contribution < -0.4 is 5.32 Å².